The number of thioether (sulfide) groups is 1. The number of anilines is 1. The molecule has 1 aliphatic heterocycles. The lowest BCUT2D eigenvalue weighted by Crippen LogP contribution is -2.49. The van der Waals surface area contributed by atoms with Crippen molar-refractivity contribution in [3.05, 3.63) is 64.1 Å². The van der Waals surface area contributed by atoms with Crippen LogP contribution in [0.1, 0.15) is 5.56 Å². The first-order valence-corrected chi connectivity index (χ1v) is 10.1. The maximum absolute atomic E-state index is 12.4. The summed E-state index contributed by atoms with van der Waals surface area (Å²) in [6.07, 6.45) is 0. The predicted molar refractivity (Wildman–Crippen MR) is 108 cm³/mol. The van der Waals surface area contributed by atoms with Crippen LogP contribution in [0, 0.1) is 0 Å². The van der Waals surface area contributed by atoms with Gasteiger partial charge < -0.3 is 9.80 Å². The third-order valence-corrected chi connectivity index (χ3v) is 5.82. The maximum Gasteiger partial charge on any atom is 0.232 e. The largest absolute Gasteiger partial charge is 0.368 e. The van der Waals surface area contributed by atoms with Crippen LogP contribution in [0.4, 0.5) is 5.69 Å². The molecule has 6 heteroatoms. The summed E-state index contributed by atoms with van der Waals surface area (Å²) in [7, 11) is 0. The Morgan fingerprint density at radius 1 is 1.00 bits per heavy atom. The van der Waals surface area contributed by atoms with Crippen molar-refractivity contribution in [1.29, 1.82) is 0 Å². The van der Waals surface area contributed by atoms with Gasteiger partial charge in [-0.2, -0.15) is 0 Å². The fraction of sp³-hybridized carbons (Fsp3) is 0.316. The van der Waals surface area contributed by atoms with Gasteiger partial charge in [-0.3, -0.25) is 4.79 Å². The molecule has 0 atom stereocenters. The number of nitrogens with zero attached hydrogens (tertiary/aromatic N) is 2. The van der Waals surface area contributed by atoms with Crippen LogP contribution in [0.3, 0.4) is 0 Å². The smallest absolute Gasteiger partial charge is 0.232 e. The number of benzene rings is 2. The molecule has 0 bridgehead atoms. The van der Waals surface area contributed by atoms with Gasteiger partial charge in [0.1, 0.15) is 0 Å². The van der Waals surface area contributed by atoms with Gasteiger partial charge in [0, 0.05) is 47.7 Å². The van der Waals surface area contributed by atoms with Gasteiger partial charge in [-0.15, -0.1) is 11.8 Å². The summed E-state index contributed by atoms with van der Waals surface area (Å²) in [5.74, 6) is 1.44. The Morgan fingerprint density at radius 3 is 2.48 bits per heavy atom. The Kier molecular flexibility index (Phi) is 6.51. The second-order valence-corrected chi connectivity index (χ2v) is 7.76. The highest BCUT2D eigenvalue weighted by Crippen LogP contribution is 2.22. The van der Waals surface area contributed by atoms with Crippen LogP contribution in [0.15, 0.2) is 48.5 Å². The van der Waals surface area contributed by atoms with E-state index in [2.05, 4.69) is 11.0 Å². The van der Waals surface area contributed by atoms with Gasteiger partial charge in [0.05, 0.1) is 5.75 Å². The molecule has 1 saturated heterocycles. The lowest BCUT2D eigenvalue weighted by Gasteiger charge is -2.36. The lowest BCUT2D eigenvalue weighted by molar-refractivity contribution is -0.128. The normalized spacial score (nSPS) is 14.6. The van der Waals surface area contributed by atoms with E-state index in [0.717, 1.165) is 53.2 Å². The molecule has 0 N–H and O–H groups in total. The van der Waals surface area contributed by atoms with Gasteiger partial charge in [-0.1, -0.05) is 47.5 Å². The minimum Gasteiger partial charge on any atom is -0.368 e. The second-order valence-electron chi connectivity index (χ2n) is 5.93. The van der Waals surface area contributed by atoms with Gasteiger partial charge in [-0.05, 0) is 29.8 Å². The van der Waals surface area contributed by atoms with Crippen molar-refractivity contribution in [2.75, 3.05) is 36.8 Å². The van der Waals surface area contributed by atoms with E-state index in [4.69, 9.17) is 23.2 Å². The molecular weight excluding hydrogens is 375 g/mol. The van der Waals surface area contributed by atoms with E-state index in [0.29, 0.717) is 5.75 Å². The molecule has 3 rings (SSSR count). The highest BCUT2D eigenvalue weighted by molar-refractivity contribution is 7.99. The molecule has 2 aromatic rings. The Morgan fingerprint density at radius 2 is 1.76 bits per heavy atom. The Balaban J connectivity index is 1.45. The van der Waals surface area contributed by atoms with E-state index in [-0.39, 0.29) is 5.91 Å². The molecule has 1 fully saturated rings. The molecule has 0 aromatic heterocycles. The number of hydrogen-bond acceptors (Lipinski definition) is 3. The third kappa shape index (κ3) is 5.06. The van der Waals surface area contributed by atoms with Crippen LogP contribution in [0.25, 0.3) is 0 Å². The second kappa shape index (κ2) is 8.84. The zero-order valence-electron chi connectivity index (χ0n) is 13.8. The molecule has 2 aromatic carbocycles. The first-order valence-electron chi connectivity index (χ1n) is 8.23. The summed E-state index contributed by atoms with van der Waals surface area (Å²) in [5, 5.41) is 1.50. The lowest BCUT2D eigenvalue weighted by atomic mass is 10.2. The summed E-state index contributed by atoms with van der Waals surface area (Å²) in [6, 6.07) is 15.6. The molecular formula is C19H20Cl2N2OS. The molecule has 1 heterocycles. The molecule has 0 unspecified atom stereocenters. The van der Waals surface area contributed by atoms with Gasteiger partial charge in [0.2, 0.25) is 5.91 Å². The monoisotopic (exact) mass is 394 g/mol. The number of piperazine rings is 1. The molecule has 0 aliphatic carbocycles. The van der Waals surface area contributed by atoms with Gasteiger partial charge in [0.25, 0.3) is 0 Å². The number of amides is 1. The summed E-state index contributed by atoms with van der Waals surface area (Å²) in [6.45, 7) is 3.17. The molecule has 0 saturated carbocycles. The van der Waals surface area contributed by atoms with Gasteiger partial charge >= 0.3 is 0 Å². The minimum absolute atomic E-state index is 0.197. The quantitative estimate of drug-likeness (QED) is 0.741. The summed E-state index contributed by atoms with van der Waals surface area (Å²) in [4.78, 5) is 16.6. The Hall–Kier alpha value is -1.36. The topological polar surface area (TPSA) is 23.6 Å². The molecule has 132 valence electrons. The van der Waals surface area contributed by atoms with E-state index >= 15 is 0 Å². The average molecular weight is 395 g/mol. The predicted octanol–water partition coefficient (Wildman–Crippen LogP) is 4.58. The van der Waals surface area contributed by atoms with E-state index < -0.39 is 0 Å². The fourth-order valence-corrected chi connectivity index (χ4v) is 4.24. The molecule has 1 amide bonds. The van der Waals surface area contributed by atoms with Crippen molar-refractivity contribution >= 4 is 46.6 Å². The number of hydrogen-bond donors (Lipinski definition) is 0. The number of carbonyl (C=O) groups is 1. The molecule has 0 radical (unpaired) electrons. The van der Waals surface area contributed by atoms with Crippen molar-refractivity contribution in [3.63, 3.8) is 0 Å². The van der Waals surface area contributed by atoms with E-state index in [1.165, 1.54) is 0 Å². The van der Waals surface area contributed by atoms with Crippen molar-refractivity contribution in [3.8, 4) is 0 Å². The number of carbonyl (C=O) groups excluding carboxylic acids is 1. The standard InChI is InChI=1S/C19H20Cl2N2OS/c20-16-5-3-6-17(12-16)22-8-10-23(11-9-22)19(24)14-25-13-15-4-1-2-7-18(15)21/h1-7,12H,8-11,13-14H2. The summed E-state index contributed by atoms with van der Waals surface area (Å²) >= 11 is 13.8. The Bertz CT molecular complexity index is 733. The summed E-state index contributed by atoms with van der Waals surface area (Å²) in [5.41, 5.74) is 2.19. The minimum atomic E-state index is 0.197. The first kappa shape index (κ1) is 18.4. The van der Waals surface area contributed by atoms with Crippen LogP contribution in [0.5, 0.6) is 0 Å². The van der Waals surface area contributed by atoms with Crippen LogP contribution in [-0.4, -0.2) is 42.7 Å². The highest BCUT2D eigenvalue weighted by Gasteiger charge is 2.21. The van der Waals surface area contributed by atoms with Crippen LogP contribution in [-0.2, 0) is 10.5 Å². The van der Waals surface area contributed by atoms with Crippen LogP contribution >= 0.6 is 35.0 Å². The van der Waals surface area contributed by atoms with Crippen molar-refractivity contribution in [2.24, 2.45) is 0 Å². The zero-order chi connectivity index (χ0) is 17.6. The van der Waals surface area contributed by atoms with E-state index in [1.807, 2.05) is 47.4 Å². The average Bonchev–Trinajstić information content (AvgIpc) is 2.63. The maximum atomic E-state index is 12.4. The zero-order valence-corrected chi connectivity index (χ0v) is 16.2. The molecule has 25 heavy (non-hydrogen) atoms. The Labute approximate surface area is 162 Å². The molecule has 3 nitrogen and oxygen atoms in total. The van der Waals surface area contributed by atoms with E-state index in [9.17, 15) is 4.79 Å². The van der Waals surface area contributed by atoms with Crippen molar-refractivity contribution in [2.45, 2.75) is 5.75 Å². The molecule has 0 spiro atoms. The van der Waals surface area contributed by atoms with E-state index in [1.54, 1.807) is 11.8 Å². The van der Waals surface area contributed by atoms with Crippen LogP contribution < -0.4 is 4.90 Å². The third-order valence-electron chi connectivity index (χ3n) is 4.25. The molecule has 1 aliphatic rings. The number of halogens is 2. The van der Waals surface area contributed by atoms with Crippen molar-refractivity contribution in [1.82, 2.24) is 4.90 Å². The fourth-order valence-electron chi connectivity index (χ4n) is 2.84. The SMILES string of the molecule is O=C(CSCc1ccccc1Cl)N1CCN(c2cccc(Cl)c2)CC1. The van der Waals surface area contributed by atoms with Gasteiger partial charge in [-0.25, -0.2) is 0 Å². The van der Waals surface area contributed by atoms with Crippen molar-refractivity contribution < 1.29 is 4.79 Å². The first-order chi connectivity index (χ1) is 12.1. The summed E-state index contributed by atoms with van der Waals surface area (Å²) < 4.78 is 0. The number of rotatable bonds is 5. The van der Waals surface area contributed by atoms with Gasteiger partial charge in [0.15, 0.2) is 0 Å². The van der Waals surface area contributed by atoms with Crippen LogP contribution in [0.2, 0.25) is 10.0 Å². The highest BCUT2D eigenvalue weighted by atomic mass is 35.5.